The predicted octanol–water partition coefficient (Wildman–Crippen LogP) is 4.60. The van der Waals surface area contributed by atoms with Crippen molar-refractivity contribution in [1.82, 2.24) is 4.57 Å². The van der Waals surface area contributed by atoms with Gasteiger partial charge in [0.05, 0.1) is 0 Å². The number of rotatable bonds is 5. The molecule has 23 heavy (non-hydrogen) atoms. The van der Waals surface area contributed by atoms with Crippen LogP contribution in [0, 0.1) is 11.7 Å². The summed E-state index contributed by atoms with van der Waals surface area (Å²) in [6, 6.07) is 13.1. The fourth-order valence-electron chi connectivity index (χ4n) is 3.13. The molecule has 120 valence electrons. The topological polar surface area (TPSA) is 30.9 Å². The molecule has 0 atom stereocenters. The molecule has 0 bridgehead atoms. The summed E-state index contributed by atoms with van der Waals surface area (Å²) in [4.78, 5) is 0. The quantitative estimate of drug-likeness (QED) is 0.733. The zero-order valence-corrected chi connectivity index (χ0v) is 13.7. The molecule has 0 radical (unpaired) electrons. The van der Waals surface area contributed by atoms with Crippen LogP contribution >= 0.6 is 0 Å². The van der Waals surface area contributed by atoms with Crippen molar-refractivity contribution in [2.75, 3.05) is 6.54 Å². The molecule has 3 aromatic rings. The Hall–Kier alpha value is -2.13. The van der Waals surface area contributed by atoms with Gasteiger partial charge in [-0.15, -0.1) is 0 Å². The van der Waals surface area contributed by atoms with E-state index in [0.29, 0.717) is 18.0 Å². The van der Waals surface area contributed by atoms with E-state index in [9.17, 15) is 4.39 Å². The van der Waals surface area contributed by atoms with Crippen LogP contribution in [0.15, 0.2) is 48.7 Å². The highest BCUT2D eigenvalue weighted by Crippen LogP contribution is 2.30. The van der Waals surface area contributed by atoms with Crippen LogP contribution in [-0.4, -0.2) is 11.1 Å². The van der Waals surface area contributed by atoms with Crippen molar-refractivity contribution in [2.24, 2.45) is 11.7 Å². The fourth-order valence-corrected chi connectivity index (χ4v) is 3.13. The van der Waals surface area contributed by atoms with E-state index in [1.807, 2.05) is 18.2 Å². The van der Waals surface area contributed by atoms with Gasteiger partial charge in [0.2, 0.25) is 0 Å². The number of hydrogen-bond donors (Lipinski definition) is 1. The van der Waals surface area contributed by atoms with Crippen LogP contribution in [0.2, 0.25) is 0 Å². The maximum atomic E-state index is 14.1. The number of nitrogens with two attached hydrogens (primary N) is 1. The number of nitrogens with zero attached hydrogens (tertiary/aromatic N) is 1. The summed E-state index contributed by atoms with van der Waals surface area (Å²) in [6.45, 7) is 5.99. The van der Waals surface area contributed by atoms with Gasteiger partial charge in [-0.3, -0.25) is 0 Å². The first-order valence-corrected chi connectivity index (χ1v) is 8.17. The van der Waals surface area contributed by atoms with Crippen molar-refractivity contribution in [3.05, 3.63) is 60.0 Å². The van der Waals surface area contributed by atoms with Crippen LogP contribution in [0.1, 0.15) is 19.4 Å². The molecule has 2 aromatic carbocycles. The predicted molar refractivity (Wildman–Crippen MR) is 94.9 cm³/mol. The first-order valence-electron chi connectivity index (χ1n) is 8.17. The minimum Gasteiger partial charge on any atom is -0.347 e. The Labute approximate surface area is 136 Å². The van der Waals surface area contributed by atoms with Gasteiger partial charge in [-0.05, 0) is 42.1 Å². The lowest BCUT2D eigenvalue weighted by molar-refractivity contribution is 0.534. The molecule has 2 nitrogen and oxygen atoms in total. The largest absolute Gasteiger partial charge is 0.347 e. The third-order valence-corrected chi connectivity index (χ3v) is 4.13. The second kappa shape index (κ2) is 6.55. The molecule has 0 unspecified atom stereocenters. The third kappa shape index (κ3) is 3.15. The highest BCUT2D eigenvalue weighted by molar-refractivity contribution is 5.88. The molecule has 0 aliphatic carbocycles. The van der Waals surface area contributed by atoms with Gasteiger partial charge >= 0.3 is 0 Å². The lowest BCUT2D eigenvalue weighted by atomic mass is 10.0. The minimum absolute atomic E-state index is 0.184. The minimum atomic E-state index is -0.184. The van der Waals surface area contributed by atoms with Crippen molar-refractivity contribution < 1.29 is 4.39 Å². The van der Waals surface area contributed by atoms with Crippen molar-refractivity contribution in [3.8, 4) is 11.1 Å². The zero-order valence-electron chi connectivity index (χ0n) is 13.7. The zero-order chi connectivity index (χ0) is 16.4. The number of benzene rings is 2. The average molecular weight is 310 g/mol. The van der Waals surface area contributed by atoms with E-state index in [0.717, 1.165) is 24.0 Å². The van der Waals surface area contributed by atoms with Crippen molar-refractivity contribution in [2.45, 2.75) is 26.8 Å². The number of hydrogen-bond acceptors (Lipinski definition) is 1. The van der Waals surface area contributed by atoms with Gasteiger partial charge in [0.1, 0.15) is 5.82 Å². The van der Waals surface area contributed by atoms with Crippen molar-refractivity contribution in [1.29, 1.82) is 0 Å². The van der Waals surface area contributed by atoms with Gasteiger partial charge in [-0.25, -0.2) is 4.39 Å². The van der Waals surface area contributed by atoms with Gasteiger partial charge in [0.15, 0.2) is 0 Å². The molecule has 0 spiro atoms. The smallest absolute Gasteiger partial charge is 0.131 e. The number of fused-ring (bicyclic) bond motifs is 1. The Kier molecular flexibility index (Phi) is 4.49. The van der Waals surface area contributed by atoms with E-state index in [-0.39, 0.29) is 5.82 Å². The second-order valence-electron chi connectivity index (χ2n) is 6.45. The van der Waals surface area contributed by atoms with Gasteiger partial charge in [0, 0.05) is 29.2 Å². The maximum absolute atomic E-state index is 14.1. The number of aromatic nitrogens is 1. The molecule has 3 heteroatoms. The van der Waals surface area contributed by atoms with E-state index >= 15 is 0 Å². The molecule has 1 heterocycles. The standard InChI is InChI=1S/C20H23FN2/c1-14(2)12-23-13-16(9-10-22)18-8-7-15(11-20(18)23)17-5-3-4-6-19(17)21/h3-8,11,13-14H,9-10,12,22H2,1-2H3. The van der Waals surface area contributed by atoms with Crippen LogP contribution < -0.4 is 5.73 Å². The van der Waals surface area contributed by atoms with E-state index in [4.69, 9.17) is 5.73 Å². The molecule has 0 amide bonds. The highest BCUT2D eigenvalue weighted by atomic mass is 19.1. The number of halogens is 1. The summed E-state index contributed by atoms with van der Waals surface area (Å²) in [7, 11) is 0. The first-order chi connectivity index (χ1) is 11.1. The summed E-state index contributed by atoms with van der Waals surface area (Å²) < 4.78 is 16.4. The van der Waals surface area contributed by atoms with Gasteiger partial charge in [0.25, 0.3) is 0 Å². The Morgan fingerprint density at radius 2 is 1.91 bits per heavy atom. The summed E-state index contributed by atoms with van der Waals surface area (Å²) >= 11 is 0. The summed E-state index contributed by atoms with van der Waals surface area (Å²) in [5.41, 5.74) is 9.73. The fraction of sp³-hybridized carbons (Fsp3) is 0.300. The molecule has 0 saturated heterocycles. The summed E-state index contributed by atoms with van der Waals surface area (Å²) in [5.74, 6) is 0.365. The second-order valence-corrected chi connectivity index (χ2v) is 6.45. The molecular formula is C20H23FN2. The van der Waals surface area contributed by atoms with Crippen LogP contribution in [0.5, 0.6) is 0 Å². The molecular weight excluding hydrogens is 287 g/mol. The highest BCUT2D eigenvalue weighted by Gasteiger charge is 2.12. The molecule has 3 rings (SSSR count). The van der Waals surface area contributed by atoms with Crippen LogP contribution in [0.4, 0.5) is 4.39 Å². The Balaban J connectivity index is 2.15. The lowest BCUT2D eigenvalue weighted by Crippen LogP contribution is -2.04. The van der Waals surface area contributed by atoms with Gasteiger partial charge in [-0.1, -0.05) is 44.2 Å². The van der Waals surface area contributed by atoms with Crippen LogP contribution in [0.3, 0.4) is 0 Å². The molecule has 0 aliphatic heterocycles. The monoisotopic (exact) mass is 310 g/mol. The SMILES string of the molecule is CC(C)Cn1cc(CCN)c2ccc(-c3ccccc3F)cc21. The normalized spacial score (nSPS) is 11.5. The van der Waals surface area contributed by atoms with E-state index < -0.39 is 0 Å². The van der Waals surface area contributed by atoms with Crippen LogP contribution in [-0.2, 0) is 13.0 Å². The average Bonchev–Trinajstić information content (AvgIpc) is 2.85. The van der Waals surface area contributed by atoms with E-state index in [1.165, 1.54) is 17.0 Å². The van der Waals surface area contributed by atoms with E-state index in [2.05, 4.69) is 36.7 Å². The van der Waals surface area contributed by atoms with Crippen molar-refractivity contribution >= 4 is 10.9 Å². The third-order valence-electron chi connectivity index (χ3n) is 4.13. The summed E-state index contributed by atoms with van der Waals surface area (Å²) in [6.07, 6.45) is 3.06. The molecule has 2 N–H and O–H groups in total. The molecule has 0 saturated carbocycles. The lowest BCUT2D eigenvalue weighted by Gasteiger charge is -2.10. The van der Waals surface area contributed by atoms with Gasteiger partial charge < -0.3 is 10.3 Å². The van der Waals surface area contributed by atoms with Crippen molar-refractivity contribution in [3.63, 3.8) is 0 Å². The Morgan fingerprint density at radius 1 is 1.13 bits per heavy atom. The van der Waals surface area contributed by atoms with Gasteiger partial charge in [-0.2, -0.15) is 0 Å². The summed E-state index contributed by atoms with van der Waals surface area (Å²) in [5, 5.41) is 1.22. The van der Waals surface area contributed by atoms with Crippen LogP contribution in [0.25, 0.3) is 22.0 Å². The Bertz CT molecular complexity index is 818. The first kappa shape index (κ1) is 15.8. The Morgan fingerprint density at radius 3 is 2.61 bits per heavy atom. The van der Waals surface area contributed by atoms with E-state index in [1.54, 1.807) is 6.07 Å². The molecule has 0 aliphatic rings. The maximum Gasteiger partial charge on any atom is 0.131 e. The molecule has 1 aromatic heterocycles. The molecule has 0 fully saturated rings.